The Labute approximate surface area is 140 Å². The summed E-state index contributed by atoms with van der Waals surface area (Å²) >= 11 is 0. The normalized spacial score (nSPS) is 12.1. The molecule has 3 aromatic rings. The van der Waals surface area contributed by atoms with Gasteiger partial charge in [-0.05, 0) is 12.1 Å². The average Bonchev–Trinajstić information content (AvgIpc) is 3.19. The summed E-state index contributed by atoms with van der Waals surface area (Å²) in [6, 6.07) is 3.47. The maximum atomic E-state index is 11.2. The number of nitrogens with one attached hydrogen (secondary N) is 2. The number of rotatable bonds is 6. The number of aromatic nitrogens is 6. The predicted octanol–water partition coefficient (Wildman–Crippen LogP) is 0.437. The quantitative estimate of drug-likeness (QED) is 0.367. The van der Waals surface area contributed by atoms with Gasteiger partial charge in [0.1, 0.15) is 5.82 Å². The van der Waals surface area contributed by atoms with Gasteiger partial charge in [0.15, 0.2) is 11.5 Å². The number of hydrogen-bond donors (Lipinski definition) is 2. The van der Waals surface area contributed by atoms with E-state index in [1.807, 2.05) is 0 Å². The molecule has 0 aliphatic carbocycles. The Morgan fingerprint density at radius 2 is 2.28 bits per heavy atom. The highest BCUT2D eigenvalue weighted by molar-refractivity contribution is 5.66. The van der Waals surface area contributed by atoms with E-state index in [0.29, 0.717) is 23.1 Å². The number of imidazole rings is 1. The maximum absolute atomic E-state index is 11.2. The lowest BCUT2D eigenvalue weighted by molar-refractivity contribution is -0.491. The molecule has 2 N–H and O–H groups in total. The number of H-pyrrole nitrogens is 1. The largest absolute Gasteiger partial charge is 0.449 e. The maximum Gasteiger partial charge on any atom is 0.303 e. The van der Waals surface area contributed by atoms with Crippen molar-refractivity contribution in [3.05, 3.63) is 34.1 Å². The van der Waals surface area contributed by atoms with Crippen molar-refractivity contribution in [3.8, 4) is 11.6 Å². The molecule has 25 heavy (non-hydrogen) atoms. The van der Waals surface area contributed by atoms with Crippen molar-refractivity contribution in [2.75, 3.05) is 18.9 Å². The minimum atomic E-state index is -1.08. The molecule has 3 rings (SSSR count). The third-order valence-corrected chi connectivity index (χ3v) is 3.30. The Balaban J connectivity index is 1.97. The van der Waals surface area contributed by atoms with Crippen molar-refractivity contribution in [1.29, 1.82) is 0 Å². The van der Waals surface area contributed by atoms with Gasteiger partial charge in [-0.1, -0.05) is 0 Å². The highest BCUT2D eigenvalue weighted by atomic mass is 16.6. The van der Waals surface area contributed by atoms with Gasteiger partial charge in [-0.2, -0.15) is 4.52 Å². The van der Waals surface area contributed by atoms with Crippen LogP contribution in [-0.2, 0) is 9.53 Å². The number of ether oxygens (including phenoxy) is 1. The number of fused-ring (bicyclic) bond motifs is 1. The molecule has 0 saturated carbocycles. The molecule has 0 saturated heterocycles. The number of aromatic amines is 1. The second-order valence-electron chi connectivity index (χ2n) is 5.06. The number of carbonyl (C=O) groups is 1. The molecule has 0 bridgehead atoms. The number of anilines is 1. The summed E-state index contributed by atoms with van der Waals surface area (Å²) in [5.41, 5.74) is 0.789. The van der Waals surface area contributed by atoms with E-state index in [1.165, 1.54) is 17.6 Å². The molecule has 1 unspecified atom stereocenters. The van der Waals surface area contributed by atoms with Crippen LogP contribution in [0.1, 0.15) is 18.7 Å². The molecule has 1 atom stereocenters. The highest BCUT2D eigenvalue weighted by Crippen LogP contribution is 2.21. The fraction of sp³-hybridized carbons (Fsp3) is 0.308. The van der Waals surface area contributed by atoms with Crippen LogP contribution in [0.5, 0.6) is 0 Å². The zero-order valence-electron chi connectivity index (χ0n) is 13.3. The Hall–Kier alpha value is -3.57. The summed E-state index contributed by atoms with van der Waals surface area (Å²) in [4.78, 5) is 28.4. The first-order valence-corrected chi connectivity index (χ1v) is 7.22. The summed E-state index contributed by atoms with van der Waals surface area (Å²) < 4.78 is 6.46. The molecule has 3 heterocycles. The van der Waals surface area contributed by atoms with E-state index < -0.39 is 23.5 Å². The molecule has 12 nitrogen and oxygen atoms in total. The first-order chi connectivity index (χ1) is 12.0. The lowest BCUT2D eigenvalue weighted by atomic mass is 10.3. The Morgan fingerprint density at radius 3 is 2.96 bits per heavy atom. The summed E-state index contributed by atoms with van der Waals surface area (Å²) in [7, 11) is 1.73. The zero-order chi connectivity index (χ0) is 18.0. The van der Waals surface area contributed by atoms with Crippen LogP contribution in [0.3, 0.4) is 0 Å². The second kappa shape index (κ2) is 6.51. The summed E-state index contributed by atoms with van der Waals surface area (Å²) in [6.07, 6.45) is 0.281. The lowest BCUT2D eigenvalue weighted by Crippen LogP contribution is -2.18. The second-order valence-corrected chi connectivity index (χ2v) is 5.06. The molecular formula is C13H14N8O4. The molecule has 0 radical (unpaired) electrons. The number of esters is 1. The third kappa shape index (κ3) is 3.36. The molecule has 0 aliphatic heterocycles. The average molecular weight is 346 g/mol. The van der Waals surface area contributed by atoms with Gasteiger partial charge < -0.3 is 15.0 Å². The SMILES string of the molecule is CNc1ccc2nnc(-c3ncc(C(C[N+](=O)[O-])OC(C)=O)[nH]3)n2n1. The van der Waals surface area contributed by atoms with Gasteiger partial charge in [0, 0.05) is 18.9 Å². The highest BCUT2D eigenvalue weighted by Gasteiger charge is 2.24. The van der Waals surface area contributed by atoms with Gasteiger partial charge in [-0.15, -0.1) is 15.3 Å². The molecule has 0 amide bonds. The van der Waals surface area contributed by atoms with Crippen molar-refractivity contribution in [1.82, 2.24) is 29.8 Å². The van der Waals surface area contributed by atoms with Crippen LogP contribution in [0.25, 0.3) is 17.3 Å². The molecule has 3 aromatic heterocycles. The Bertz CT molecular complexity index is 917. The van der Waals surface area contributed by atoms with Crippen LogP contribution < -0.4 is 5.32 Å². The van der Waals surface area contributed by atoms with Crippen molar-refractivity contribution in [2.45, 2.75) is 13.0 Å². The molecule has 0 fully saturated rings. The summed E-state index contributed by atoms with van der Waals surface area (Å²) in [5, 5.41) is 26.0. The van der Waals surface area contributed by atoms with Gasteiger partial charge in [0.05, 0.1) is 11.9 Å². The summed E-state index contributed by atoms with van der Waals surface area (Å²) in [6.45, 7) is 0.601. The molecule has 0 aromatic carbocycles. The van der Waals surface area contributed by atoms with Gasteiger partial charge in [0.2, 0.25) is 18.5 Å². The summed E-state index contributed by atoms with van der Waals surface area (Å²) in [5.74, 6) is 0.590. The van der Waals surface area contributed by atoms with Crippen LogP contribution in [0.4, 0.5) is 5.82 Å². The van der Waals surface area contributed by atoms with Gasteiger partial charge >= 0.3 is 5.97 Å². The standard InChI is InChI=1S/C13H14N8O4/c1-7(22)25-9(6-20(23)24)8-5-15-12(16-8)13-18-17-11-4-3-10(14-2)19-21(11)13/h3-5,9H,6H2,1-2H3,(H,14,19)(H,15,16). The number of nitrogens with zero attached hydrogens (tertiary/aromatic N) is 6. The molecule has 130 valence electrons. The van der Waals surface area contributed by atoms with Gasteiger partial charge in [-0.25, -0.2) is 4.98 Å². The fourth-order valence-corrected chi connectivity index (χ4v) is 2.22. The van der Waals surface area contributed by atoms with E-state index in [0.717, 1.165) is 0 Å². The van der Waals surface area contributed by atoms with E-state index >= 15 is 0 Å². The molecular weight excluding hydrogens is 332 g/mol. The Morgan fingerprint density at radius 1 is 1.48 bits per heavy atom. The minimum Gasteiger partial charge on any atom is -0.449 e. The van der Waals surface area contributed by atoms with E-state index in [-0.39, 0.29) is 5.69 Å². The minimum absolute atomic E-state index is 0.281. The van der Waals surface area contributed by atoms with Crippen molar-refractivity contribution >= 4 is 17.4 Å². The lowest BCUT2D eigenvalue weighted by Gasteiger charge is -2.10. The van der Waals surface area contributed by atoms with Crippen molar-refractivity contribution < 1.29 is 14.5 Å². The smallest absolute Gasteiger partial charge is 0.303 e. The van der Waals surface area contributed by atoms with Crippen LogP contribution >= 0.6 is 0 Å². The molecule has 0 aliphatic rings. The first-order valence-electron chi connectivity index (χ1n) is 7.22. The topological polar surface area (TPSA) is 153 Å². The van der Waals surface area contributed by atoms with E-state index in [2.05, 4.69) is 30.6 Å². The first kappa shape index (κ1) is 16.3. The van der Waals surface area contributed by atoms with E-state index in [4.69, 9.17) is 4.74 Å². The van der Waals surface area contributed by atoms with Crippen LogP contribution in [0, 0.1) is 10.1 Å². The van der Waals surface area contributed by atoms with Gasteiger partial charge in [0.25, 0.3) is 0 Å². The molecule has 0 spiro atoms. The van der Waals surface area contributed by atoms with E-state index in [1.54, 1.807) is 19.2 Å². The van der Waals surface area contributed by atoms with Crippen molar-refractivity contribution in [3.63, 3.8) is 0 Å². The zero-order valence-corrected chi connectivity index (χ0v) is 13.3. The Kier molecular flexibility index (Phi) is 4.24. The predicted molar refractivity (Wildman–Crippen MR) is 84.3 cm³/mol. The number of hydrogen-bond acceptors (Lipinski definition) is 9. The monoisotopic (exact) mass is 346 g/mol. The fourth-order valence-electron chi connectivity index (χ4n) is 2.22. The van der Waals surface area contributed by atoms with Gasteiger partial charge in [-0.3, -0.25) is 14.9 Å². The molecule has 12 heteroatoms. The van der Waals surface area contributed by atoms with Crippen LogP contribution in [-0.4, -0.2) is 54.3 Å². The number of nitro groups is 1. The van der Waals surface area contributed by atoms with E-state index in [9.17, 15) is 14.9 Å². The van der Waals surface area contributed by atoms with Crippen LogP contribution in [0.15, 0.2) is 18.3 Å². The third-order valence-electron chi connectivity index (χ3n) is 3.30. The number of carbonyl (C=O) groups excluding carboxylic acids is 1. The van der Waals surface area contributed by atoms with Crippen LogP contribution in [0.2, 0.25) is 0 Å². The van der Waals surface area contributed by atoms with Crippen molar-refractivity contribution in [2.24, 2.45) is 0 Å².